The molecule has 0 amide bonds. The molecule has 78 valence electrons. The summed E-state index contributed by atoms with van der Waals surface area (Å²) in [6, 6.07) is 6.14. The number of pyridine rings is 1. The first-order chi connectivity index (χ1) is 7.24. The standard InChI is InChI=1S/C12H12BrNO/c1-3-8-4-9-5-10(13)12(15-2)6-11(9)14-7-8/h4-7H,3H2,1-2H3. The van der Waals surface area contributed by atoms with Crippen LogP contribution in [0.1, 0.15) is 12.5 Å². The molecule has 0 radical (unpaired) electrons. The summed E-state index contributed by atoms with van der Waals surface area (Å²) in [6.45, 7) is 2.13. The summed E-state index contributed by atoms with van der Waals surface area (Å²) >= 11 is 3.47. The summed E-state index contributed by atoms with van der Waals surface area (Å²) < 4.78 is 6.19. The lowest BCUT2D eigenvalue weighted by Gasteiger charge is -2.06. The maximum atomic E-state index is 5.22. The van der Waals surface area contributed by atoms with Gasteiger partial charge in [0.1, 0.15) is 5.75 Å². The van der Waals surface area contributed by atoms with E-state index in [1.165, 1.54) is 5.56 Å². The predicted octanol–water partition coefficient (Wildman–Crippen LogP) is 3.57. The number of rotatable bonds is 2. The van der Waals surface area contributed by atoms with Crippen molar-refractivity contribution in [1.29, 1.82) is 0 Å². The normalized spacial score (nSPS) is 10.6. The van der Waals surface area contributed by atoms with Crippen LogP contribution in [-0.2, 0) is 6.42 Å². The molecule has 2 aromatic rings. The Morgan fingerprint density at radius 1 is 1.33 bits per heavy atom. The van der Waals surface area contributed by atoms with Gasteiger partial charge in [0.2, 0.25) is 0 Å². The van der Waals surface area contributed by atoms with E-state index in [-0.39, 0.29) is 0 Å². The summed E-state index contributed by atoms with van der Waals surface area (Å²) in [7, 11) is 1.66. The van der Waals surface area contributed by atoms with E-state index in [1.807, 2.05) is 18.3 Å². The molecule has 0 saturated carbocycles. The van der Waals surface area contributed by atoms with Gasteiger partial charge in [0.25, 0.3) is 0 Å². The van der Waals surface area contributed by atoms with E-state index in [0.29, 0.717) is 0 Å². The molecule has 0 N–H and O–H groups in total. The van der Waals surface area contributed by atoms with Crippen LogP contribution in [0.4, 0.5) is 0 Å². The van der Waals surface area contributed by atoms with Crippen LogP contribution in [0.25, 0.3) is 10.9 Å². The summed E-state index contributed by atoms with van der Waals surface area (Å²) in [6.07, 6.45) is 2.92. The Morgan fingerprint density at radius 3 is 2.80 bits per heavy atom. The number of fused-ring (bicyclic) bond motifs is 1. The van der Waals surface area contributed by atoms with Crippen molar-refractivity contribution >= 4 is 26.8 Å². The molecule has 15 heavy (non-hydrogen) atoms. The monoisotopic (exact) mass is 265 g/mol. The molecule has 1 aromatic carbocycles. The van der Waals surface area contributed by atoms with Gasteiger partial charge in [0.15, 0.2) is 0 Å². The smallest absolute Gasteiger partial charge is 0.135 e. The minimum Gasteiger partial charge on any atom is -0.495 e. The third kappa shape index (κ3) is 1.97. The lowest BCUT2D eigenvalue weighted by molar-refractivity contribution is 0.412. The Labute approximate surface area is 97.4 Å². The van der Waals surface area contributed by atoms with Crippen molar-refractivity contribution in [3.05, 3.63) is 34.4 Å². The van der Waals surface area contributed by atoms with E-state index in [4.69, 9.17) is 4.74 Å². The van der Waals surface area contributed by atoms with E-state index < -0.39 is 0 Å². The molecule has 0 bridgehead atoms. The highest BCUT2D eigenvalue weighted by atomic mass is 79.9. The number of ether oxygens (including phenoxy) is 1. The molecule has 0 aliphatic heterocycles. The topological polar surface area (TPSA) is 22.1 Å². The number of halogens is 1. The van der Waals surface area contributed by atoms with Crippen molar-refractivity contribution in [3.63, 3.8) is 0 Å². The van der Waals surface area contributed by atoms with Crippen LogP contribution in [0, 0.1) is 0 Å². The first-order valence-corrected chi connectivity index (χ1v) is 5.66. The first kappa shape index (κ1) is 10.4. The van der Waals surface area contributed by atoms with Crippen LogP contribution in [0.5, 0.6) is 5.75 Å². The van der Waals surface area contributed by atoms with Crippen molar-refractivity contribution in [2.24, 2.45) is 0 Å². The molecule has 0 atom stereocenters. The Balaban J connectivity index is 2.65. The van der Waals surface area contributed by atoms with Crippen LogP contribution < -0.4 is 4.74 Å². The summed E-state index contributed by atoms with van der Waals surface area (Å²) in [5.41, 5.74) is 2.21. The summed E-state index contributed by atoms with van der Waals surface area (Å²) in [5.74, 6) is 0.819. The Bertz CT molecular complexity index is 496. The number of benzene rings is 1. The average molecular weight is 266 g/mol. The molecular formula is C12H12BrNO. The van der Waals surface area contributed by atoms with Gasteiger partial charge in [-0.2, -0.15) is 0 Å². The minimum absolute atomic E-state index is 0.819. The van der Waals surface area contributed by atoms with Crippen LogP contribution in [-0.4, -0.2) is 12.1 Å². The fourth-order valence-electron chi connectivity index (χ4n) is 1.52. The lowest BCUT2D eigenvalue weighted by Crippen LogP contribution is -1.88. The lowest BCUT2D eigenvalue weighted by atomic mass is 10.1. The molecule has 0 saturated heterocycles. The summed E-state index contributed by atoms with van der Waals surface area (Å²) in [5, 5.41) is 1.14. The zero-order chi connectivity index (χ0) is 10.8. The van der Waals surface area contributed by atoms with Crippen LogP contribution in [0.15, 0.2) is 28.9 Å². The molecule has 3 heteroatoms. The fourth-order valence-corrected chi connectivity index (χ4v) is 2.05. The van der Waals surface area contributed by atoms with Crippen LogP contribution in [0.3, 0.4) is 0 Å². The number of aromatic nitrogens is 1. The van der Waals surface area contributed by atoms with Gasteiger partial charge in [-0.05, 0) is 40.0 Å². The maximum Gasteiger partial charge on any atom is 0.135 e. The largest absolute Gasteiger partial charge is 0.495 e. The molecule has 0 spiro atoms. The van der Waals surface area contributed by atoms with Gasteiger partial charge in [-0.1, -0.05) is 6.92 Å². The van der Waals surface area contributed by atoms with Crippen molar-refractivity contribution < 1.29 is 4.74 Å². The average Bonchev–Trinajstić information content (AvgIpc) is 2.27. The number of nitrogens with zero attached hydrogens (tertiary/aromatic N) is 1. The number of hydrogen-bond acceptors (Lipinski definition) is 2. The molecule has 2 rings (SSSR count). The predicted molar refractivity (Wildman–Crippen MR) is 65.4 cm³/mol. The van der Waals surface area contributed by atoms with Gasteiger partial charge in [-0.3, -0.25) is 4.98 Å². The van der Waals surface area contributed by atoms with Gasteiger partial charge in [0.05, 0.1) is 17.1 Å². The van der Waals surface area contributed by atoms with Crippen molar-refractivity contribution in [1.82, 2.24) is 4.98 Å². The highest BCUT2D eigenvalue weighted by molar-refractivity contribution is 9.10. The SMILES string of the molecule is CCc1cnc2cc(OC)c(Br)cc2c1. The molecule has 1 aromatic heterocycles. The highest BCUT2D eigenvalue weighted by Gasteiger charge is 2.04. The summed E-state index contributed by atoms with van der Waals surface area (Å²) in [4.78, 5) is 4.40. The zero-order valence-electron chi connectivity index (χ0n) is 8.75. The second-order valence-electron chi connectivity index (χ2n) is 3.38. The van der Waals surface area contributed by atoms with Crippen molar-refractivity contribution in [3.8, 4) is 5.75 Å². The molecule has 0 aliphatic carbocycles. The van der Waals surface area contributed by atoms with E-state index in [1.54, 1.807) is 7.11 Å². The van der Waals surface area contributed by atoms with Gasteiger partial charge < -0.3 is 4.74 Å². The molecule has 2 nitrogen and oxygen atoms in total. The molecule has 0 aliphatic rings. The van der Waals surface area contributed by atoms with E-state index >= 15 is 0 Å². The Kier molecular flexibility index (Phi) is 2.91. The van der Waals surface area contributed by atoms with Crippen molar-refractivity contribution in [2.45, 2.75) is 13.3 Å². The second-order valence-corrected chi connectivity index (χ2v) is 4.23. The number of methoxy groups -OCH3 is 1. The van der Waals surface area contributed by atoms with Crippen LogP contribution >= 0.6 is 15.9 Å². The quantitative estimate of drug-likeness (QED) is 0.829. The molecular weight excluding hydrogens is 254 g/mol. The molecule has 1 heterocycles. The number of hydrogen-bond donors (Lipinski definition) is 0. The molecule has 0 fully saturated rings. The van der Waals surface area contributed by atoms with Crippen LogP contribution in [0.2, 0.25) is 0 Å². The highest BCUT2D eigenvalue weighted by Crippen LogP contribution is 2.29. The van der Waals surface area contributed by atoms with Gasteiger partial charge in [0, 0.05) is 17.6 Å². The van der Waals surface area contributed by atoms with E-state index in [9.17, 15) is 0 Å². The second kappa shape index (κ2) is 4.19. The van der Waals surface area contributed by atoms with Gasteiger partial charge >= 0.3 is 0 Å². The molecule has 0 unspecified atom stereocenters. The number of aryl methyl sites for hydroxylation is 1. The van der Waals surface area contributed by atoms with Gasteiger partial charge in [-0.25, -0.2) is 0 Å². The Morgan fingerprint density at radius 2 is 2.13 bits per heavy atom. The van der Waals surface area contributed by atoms with Crippen molar-refractivity contribution in [2.75, 3.05) is 7.11 Å². The first-order valence-electron chi connectivity index (χ1n) is 4.86. The van der Waals surface area contributed by atoms with E-state index in [0.717, 1.165) is 27.5 Å². The maximum absolute atomic E-state index is 5.22. The fraction of sp³-hybridized carbons (Fsp3) is 0.250. The zero-order valence-corrected chi connectivity index (χ0v) is 10.3. The Hall–Kier alpha value is -1.09. The minimum atomic E-state index is 0.819. The van der Waals surface area contributed by atoms with Gasteiger partial charge in [-0.15, -0.1) is 0 Å². The van der Waals surface area contributed by atoms with E-state index in [2.05, 4.69) is 33.9 Å². The third-order valence-electron chi connectivity index (χ3n) is 2.42. The third-order valence-corrected chi connectivity index (χ3v) is 3.04.